The van der Waals surface area contributed by atoms with Crippen molar-refractivity contribution in [2.75, 3.05) is 13.7 Å². The number of hydrogen-bond acceptors (Lipinski definition) is 5. The average Bonchev–Trinajstić information content (AvgIpc) is 2.61. The number of aromatic nitrogens is 2. The fraction of sp³-hybridized carbons (Fsp3) is 0.471. The van der Waals surface area contributed by atoms with E-state index in [1.54, 1.807) is 12.1 Å². The molecule has 1 amide bonds. The lowest BCUT2D eigenvalue weighted by Gasteiger charge is -2.36. The Morgan fingerprint density at radius 2 is 2.24 bits per heavy atom. The molecule has 3 heterocycles. The van der Waals surface area contributed by atoms with Crippen LogP contribution in [0.1, 0.15) is 24.8 Å². The van der Waals surface area contributed by atoms with Crippen LogP contribution < -0.4 is 4.74 Å². The zero-order valence-corrected chi connectivity index (χ0v) is 13.9. The van der Waals surface area contributed by atoms with E-state index < -0.39 is 18.0 Å². The summed E-state index contributed by atoms with van der Waals surface area (Å²) in [4.78, 5) is 20.9. The van der Waals surface area contributed by atoms with Gasteiger partial charge < -0.3 is 19.8 Å². The van der Waals surface area contributed by atoms with Crippen LogP contribution in [0.2, 0.25) is 0 Å². The number of carbonyl (C=O) groups is 1. The number of aliphatic hydroxyl groups excluding tert-OH is 1. The van der Waals surface area contributed by atoms with Crippen LogP contribution >= 0.6 is 0 Å². The van der Waals surface area contributed by atoms with Gasteiger partial charge in [-0.3, -0.25) is 4.98 Å². The van der Waals surface area contributed by atoms with Gasteiger partial charge in [0.2, 0.25) is 5.88 Å². The SMILES string of the molecule is COc1ccc2ncc(F)c(CCC3CC[C@@H](O)CN3C(=O)O)c2n1. The van der Waals surface area contributed by atoms with Gasteiger partial charge in [-0.05, 0) is 31.7 Å². The molecule has 1 saturated heterocycles. The zero-order valence-electron chi connectivity index (χ0n) is 13.9. The topological polar surface area (TPSA) is 95.8 Å². The van der Waals surface area contributed by atoms with E-state index in [1.165, 1.54) is 12.0 Å². The molecule has 8 heteroatoms. The van der Waals surface area contributed by atoms with Crippen LogP contribution in [0.25, 0.3) is 11.0 Å². The van der Waals surface area contributed by atoms with Crippen molar-refractivity contribution in [2.45, 2.75) is 37.8 Å². The number of halogens is 1. The molecule has 0 aliphatic carbocycles. The molecule has 134 valence electrons. The highest BCUT2D eigenvalue weighted by Gasteiger charge is 2.30. The number of piperidine rings is 1. The Bertz CT molecular complexity index is 786. The molecule has 0 bridgehead atoms. The van der Waals surface area contributed by atoms with E-state index in [4.69, 9.17) is 4.74 Å². The predicted molar refractivity (Wildman–Crippen MR) is 88.1 cm³/mol. The number of aryl methyl sites for hydroxylation is 1. The fourth-order valence-electron chi connectivity index (χ4n) is 3.28. The second kappa shape index (κ2) is 7.18. The van der Waals surface area contributed by atoms with Crippen molar-refractivity contribution in [3.63, 3.8) is 0 Å². The minimum absolute atomic E-state index is 0.0889. The standard InChI is InChI=1S/C17H20FN3O4/c1-25-15-7-6-14-16(20-15)12(13(18)8-19-14)5-3-10-2-4-11(22)9-21(10)17(23)24/h6-8,10-11,22H,2-5,9H2,1H3,(H,23,24)/t10?,11-/m1/s1. The van der Waals surface area contributed by atoms with Crippen molar-refractivity contribution >= 4 is 17.1 Å². The maximum Gasteiger partial charge on any atom is 0.407 e. The van der Waals surface area contributed by atoms with Crippen molar-refractivity contribution in [3.8, 4) is 5.88 Å². The molecule has 0 aromatic carbocycles. The smallest absolute Gasteiger partial charge is 0.407 e. The van der Waals surface area contributed by atoms with Crippen molar-refractivity contribution in [2.24, 2.45) is 0 Å². The summed E-state index contributed by atoms with van der Waals surface area (Å²) >= 11 is 0. The molecule has 3 rings (SSSR count). The van der Waals surface area contributed by atoms with Gasteiger partial charge in [-0.25, -0.2) is 14.2 Å². The molecule has 7 nitrogen and oxygen atoms in total. The van der Waals surface area contributed by atoms with E-state index in [2.05, 4.69) is 9.97 Å². The van der Waals surface area contributed by atoms with Gasteiger partial charge in [-0.15, -0.1) is 0 Å². The molecular weight excluding hydrogens is 329 g/mol. The summed E-state index contributed by atoms with van der Waals surface area (Å²) in [5, 5.41) is 19.0. The van der Waals surface area contributed by atoms with Crippen LogP contribution in [0.15, 0.2) is 18.3 Å². The molecule has 1 aliphatic rings. The van der Waals surface area contributed by atoms with Crippen LogP contribution in [0.4, 0.5) is 9.18 Å². The largest absolute Gasteiger partial charge is 0.481 e. The van der Waals surface area contributed by atoms with Crippen LogP contribution in [0.3, 0.4) is 0 Å². The molecule has 2 atom stereocenters. The number of carboxylic acid groups (broad SMARTS) is 1. The van der Waals surface area contributed by atoms with Crippen LogP contribution in [0.5, 0.6) is 5.88 Å². The summed E-state index contributed by atoms with van der Waals surface area (Å²) < 4.78 is 19.4. The monoisotopic (exact) mass is 349 g/mol. The van der Waals surface area contributed by atoms with Gasteiger partial charge in [0.05, 0.1) is 37.0 Å². The van der Waals surface area contributed by atoms with Gasteiger partial charge >= 0.3 is 6.09 Å². The first-order chi connectivity index (χ1) is 12.0. The van der Waals surface area contributed by atoms with Crippen LogP contribution in [0, 0.1) is 5.82 Å². The molecule has 0 radical (unpaired) electrons. The Kier molecular flexibility index (Phi) is 4.98. The average molecular weight is 349 g/mol. The highest BCUT2D eigenvalue weighted by molar-refractivity contribution is 5.78. The molecular formula is C17H20FN3O4. The lowest BCUT2D eigenvalue weighted by molar-refractivity contribution is 0.0348. The Morgan fingerprint density at radius 3 is 2.96 bits per heavy atom. The first kappa shape index (κ1) is 17.3. The first-order valence-corrected chi connectivity index (χ1v) is 8.15. The number of amides is 1. The van der Waals surface area contributed by atoms with Crippen molar-refractivity contribution in [1.82, 2.24) is 14.9 Å². The van der Waals surface area contributed by atoms with Gasteiger partial charge in [0, 0.05) is 17.7 Å². The molecule has 2 N–H and O–H groups in total. The molecule has 1 unspecified atom stereocenters. The molecule has 0 spiro atoms. The summed E-state index contributed by atoms with van der Waals surface area (Å²) in [6.07, 6.45) is 1.32. The highest BCUT2D eigenvalue weighted by Crippen LogP contribution is 2.26. The Labute approximate surface area is 144 Å². The number of pyridine rings is 2. The summed E-state index contributed by atoms with van der Waals surface area (Å²) in [5.41, 5.74) is 1.39. The number of aliphatic hydroxyl groups is 1. The number of fused-ring (bicyclic) bond motifs is 1. The number of hydrogen-bond donors (Lipinski definition) is 2. The minimum Gasteiger partial charge on any atom is -0.481 e. The van der Waals surface area contributed by atoms with E-state index in [9.17, 15) is 19.4 Å². The molecule has 2 aromatic rings. The first-order valence-electron chi connectivity index (χ1n) is 8.15. The lowest BCUT2D eigenvalue weighted by Crippen LogP contribution is -2.48. The third-order valence-electron chi connectivity index (χ3n) is 4.60. The van der Waals surface area contributed by atoms with Crippen LogP contribution in [-0.2, 0) is 6.42 Å². The number of rotatable bonds is 4. The normalized spacial score (nSPS) is 20.7. The number of likely N-dealkylation sites (tertiary alicyclic amines) is 1. The minimum atomic E-state index is -1.07. The van der Waals surface area contributed by atoms with Gasteiger partial charge in [0.25, 0.3) is 0 Å². The highest BCUT2D eigenvalue weighted by atomic mass is 19.1. The van der Waals surface area contributed by atoms with Crippen molar-refractivity contribution < 1.29 is 24.1 Å². The number of β-amino-alcohol motifs (C(OH)–C–C–N with tert-alkyl or cyclic N) is 1. The summed E-state index contributed by atoms with van der Waals surface area (Å²) in [6, 6.07) is 3.12. The maximum absolute atomic E-state index is 14.3. The molecule has 1 aliphatic heterocycles. The van der Waals surface area contributed by atoms with Gasteiger partial charge in [0.1, 0.15) is 5.82 Å². The Balaban J connectivity index is 1.85. The predicted octanol–water partition coefficient (Wildman–Crippen LogP) is 2.21. The second-order valence-corrected chi connectivity index (χ2v) is 6.16. The van der Waals surface area contributed by atoms with E-state index in [1.807, 2.05) is 0 Å². The van der Waals surface area contributed by atoms with Gasteiger partial charge in [-0.1, -0.05) is 0 Å². The molecule has 1 fully saturated rings. The van der Waals surface area contributed by atoms with E-state index >= 15 is 0 Å². The quantitative estimate of drug-likeness (QED) is 0.879. The third-order valence-corrected chi connectivity index (χ3v) is 4.60. The summed E-state index contributed by atoms with van der Waals surface area (Å²) in [7, 11) is 1.48. The maximum atomic E-state index is 14.3. The van der Waals surface area contributed by atoms with Gasteiger partial charge in [-0.2, -0.15) is 0 Å². The summed E-state index contributed by atoms with van der Waals surface area (Å²) in [6.45, 7) is 0.0889. The molecule has 0 saturated carbocycles. The summed E-state index contributed by atoms with van der Waals surface area (Å²) in [5.74, 6) is -0.0972. The zero-order chi connectivity index (χ0) is 18.0. The number of nitrogens with zero attached hydrogens (tertiary/aromatic N) is 3. The van der Waals surface area contributed by atoms with E-state index in [0.717, 1.165) is 6.20 Å². The van der Waals surface area contributed by atoms with E-state index in [0.29, 0.717) is 48.2 Å². The fourth-order valence-corrected chi connectivity index (χ4v) is 3.28. The Morgan fingerprint density at radius 1 is 1.44 bits per heavy atom. The van der Waals surface area contributed by atoms with E-state index in [-0.39, 0.29) is 12.6 Å². The number of ether oxygens (including phenoxy) is 1. The second-order valence-electron chi connectivity index (χ2n) is 6.16. The number of methoxy groups -OCH3 is 1. The molecule has 2 aromatic heterocycles. The third kappa shape index (κ3) is 3.63. The molecule has 25 heavy (non-hydrogen) atoms. The van der Waals surface area contributed by atoms with Crippen molar-refractivity contribution in [1.29, 1.82) is 0 Å². The van der Waals surface area contributed by atoms with Crippen LogP contribution in [-0.4, -0.2) is 57.0 Å². The lowest BCUT2D eigenvalue weighted by atomic mass is 9.94. The Hall–Kier alpha value is -2.48. The van der Waals surface area contributed by atoms with Crippen molar-refractivity contribution in [3.05, 3.63) is 29.7 Å². The van der Waals surface area contributed by atoms with Gasteiger partial charge in [0.15, 0.2) is 0 Å².